The van der Waals surface area contributed by atoms with Crippen molar-refractivity contribution >= 4 is 18.3 Å². The lowest BCUT2D eigenvalue weighted by Gasteiger charge is -2.18. The van der Waals surface area contributed by atoms with Crippen LogP contribution < -0.4 is 11.1 Å². The monoisotopic (exact) mass is 336 g/mol. The standard InChI is InChI=1S/C17H24N4O.ClH/c1-13(2)8-15(10-18)20-17(22)9-14-11-19-21(12-14)16-6-4-3-5-7-16;/h3-7,11-13,15H,8-10,18H2,1-2H3,(H,20,22);1H. The lowest BCUT2D eigenvalue weighted by atomic mass is 10.0. The second-order valence-electron chi connectivity index (χ2n) is 5.94. The molecular formula is C17H25ClN4O. The first-order valence-corrected chi connectivity index (χ1v) is 7.67. The van der Waals surface area contributed by atoms with Crippen molar-refractivity contribution in [1.82, 2.24) is 15.1 Å². The summed E-state index contributed by atoms with van der Waals surface area (Å²) in [5.41, 5.74) is 7.58. The van der Waals surface area contributed by atoms with Crippen LogP contribution in [0.3, 0.4) is 0 Å². The number of para-hydroxylation sites is 1. The average Bonchev–Trinajstić information content (AvgIpc) is 2.95. The molecule has 0 saturated heterocycles. The van der Waals surface area contributed by atoms with Gasteiger partial charge < -0.3 is 11.1 Å². The highest BCUT2D eigenvalue weighted by Gasteiger charge is 2.13. The third-order valence-electron chi connectivity index (χ3n) is 3.43. The van der Waals surface area contributed by atoms with Gasteiger partial charge in [0.05, 0.1) is 18.3 Å². The molecule has 0 radical (unpaired) electrons. The Balaban J connectivity index is 0.00000264. The molecule has 1 heterocycles. The number of hydrogen-bond acceptors (Lipinski definition) is 3. The van der Waals surface area contributed by atoms with Crippen molar-refractivity contribution in [2.45, 2.75) is 32.7 Å². The van der Waals surface area contributed by atoms with Gasteiger partial charge in [-0.15, -0.1) is 12.4 Å². The van der Waals surface area contributed by atoms with Gasteiger partial charge in [-0.1, -0.05) is 32.0 Å². The van der Waals surface area contributed by atoms with Crippen LogP contribution in [0.1, 0.15) is 25.8 Å². The van der Waals surface area contributed by atoms with E-state index in [0.29, 0.717) is 18.9 Å². The highest BCUT2D eigenvalue weighted by atomic mass is 35.5. The number of amides is 1. The van der Waals surface area contributed by atoms with Gasteiger partial charge in [0.2, 0.25) is 5.91 Å². The van der Waals surface area contributed by atoms with E-state index in [1.807, 2.05) is 36.5 Å². The zero-order chi connectivity index (χ0) is 15.9. The Kier molecular flexibility index (Phi) is 7.78. The van der Waals surface area contributed by atoms with E-state index in [2.05, 4.69) is 24.3 Å². The molecule has 3 N–H and O–H groups in total. The molecular weight excluding hydrogens is 312 g/mol. The molecule has 126 valence electrons. The van der Waals surface area contributed by atoms with E-state index < -0.39 is 0 Å². The van der Waals surface area contributed by atoms with Crippen LogP contribution in [0, 0.1) is 5.92 Å². The number of rotatable bonds is 7. The highest BCUT2D eigenvalue weighted by molar-refractivity contribution is 5.85. The first-order valence-electron chi connectivity index (χ1n) is 7.67. The summed E-state index contributed by atoms with van der Waals surface area (Å²) in [5.74, 6) is 0.499. The van der Waals surface area contributed by atoms with Crippen molar-refractivity contribution in [3.63, 3.8) is 0 Å². The Morgan fingerprint density at radius 3 is 2.61 bits per heavy atom. The van der Waals surface area contributed by atoms with E-state index in [1.54, 1.807) is 10.9 Å². The van der Waals surface area contributed by atoms with E-state index in [-0.39, 0.29) is 24.4 Å². The Labute approximate surface area is 143 Å². The predicted octanol–water partition coefficient (Wildman–Crippen LogP) is 2.33. The number of aromatic nitrogens is 2. The first kappa shape index (κ1) is 19.2. The van der Waals surface area contributed by atoms with Crippen molar-refractivity contribution < 1.29 is 4.79 Å². The molecule has 1 amide bonds. The number of nitrogens with zero attached hydrogens (tertiary/aromatic N) is 2. The number of hydrogen-bond donors (Lipinski definition) is 2. The molecule has 23 heavy (non-hydrogen) atoms. The normalized spacial score (nSPS) is 11.8. The van der Waals surface area contributed by atoms with Gasteiger partial charge in [-0.2, -0.15) is 5.10 Å². The van der Waals surface area contributed by atoms with Crippen molar-refractivity contribution in [1.29, 1.82) is 0 Å². The molecule has 1 unspecified atom stereocenters. The zero-order valence-corrected chi connectivity index (χ0v) is 14.4. The van der Waals surface area contributed by atoms with Crippen molar-refractivity contribution in [3.05, 3.63) is 48.3 Å². The predicted molar refractivity (Wildman–Crippen MR) is 95.0 cm³/mol. The SMILES string of the molecule is CC(C)CC(CN)NC(=O)Cc1cnn(-c2ccccc2)c1.Cl. The lowest BCUT2D eigenvalue weighted by Crippen LogP contribution is -2.41. The minimum atomic E-state index is -0.0105. The molecule has 1 atom stereocenters. The zero-order valence-electron chi connectivity index (χ0n) is 13.6. The molecule has 2 aromatic rings. The van der Waals surface area contributed by atoms with Crippen LogP contribution in [0.25, 0.3) is 5.69 Å². The Hall–Kier alpha value is -1.85. The fraction of sp³-hybridized carbons (Fsp3) is 0.412. The summed E-state index contributed by atoms with van der Waals surface area (Å²) < 4.78 is 1.77. The highest BCUT2D eigenvalue weighted by Crippen LogP contribution is 2.09. The Morgan fingerprint density at radius 2 is 2.00 bits per heavy atom. The molecule has 0 bridgehead atoms. The molecule has 1 aromatic heterocycles. The summed E-state index contributed by atoms with van der Waals surface area (Å²) in [6.45, 7) is 4.71. The summed E-state index contributed by atoms with van der Waals surface area (Å²) in [4.78, 5) is 12.1. The molecule has 0 aliphatic carbocycles. The van der Waals surface area contributed by atoms with Crippen LogP contribution in [0.15, 0.2) is 42.7 Å². The van der Waals surface area contributed by atoms with Crippen molar-refractivity contribution in [2.75, 3.05) is 6.54 Å². The summed E-state index contributed by atoms with van der Waals surface area (Å²) in [6.07, 6.45) is 4.83. The van der Waals surface area contributed by atoms with E-state index in [4.69, 9.17) is 5.73 Å². The Bertz CT molecular complexity index is 598. The third kappa shape index (κ3) is 6.04. The van der Waals surface area contributed by atoms with Crippen molar-refractivity contribution in [2.24, 2.45) is 11.7 Å². The number of nitrogens with one attached hydrogen (secondary N) is 1. The summed E-state index contributed by atoms with van der Waals surface area (Å²) >= 11 is 0. The van der Waals surface area contributed by atoms with Crippen LogP contribution in [0.5, 0.6) is 0 Å². The number of halogens is 1. The first-order chi connectivity index (χ1) is 10.6. The topological polar surface area (TPSA) is 72.9 Å². The molecule has 1 aromatic carbocycles. The molecule has 0 aliphatic heterocycles. The molecule has 0 fully saturated rings. The largest absolute Gasteiger partial charge is 0.352 e. The Morgan fingerprint density at radius 1 is 1.30 bits per heavy atom. The molecule has 0 aliphatic rings. The molecule has 0 saturated carbocycles. The van der Waals surface area contributed by atoms with Crippen LogP contribution in [-0.4, -0.2) is 28.3 Å². The van der Waals surface area contributed by atoms with Gasteiger partial charge in [-0.05, 0) is 30.0 Å². The minimum absolute atomic E-state index is 0. The van der Waals surface area contributed by atoms with Gasteiger partial charge in [0, 0.05) is 18.8 Å². The van der Waals surface area contributed by atoms with E-state index in [0.717, 1.165) is 17.7 Å². The molecule has 0 spiro atoms. The van der Waals surface area contributed by atoms with Gasteiger partial charge in [-0.25, -0.2) is 4.68 Å². The fourth-order valence-corrected chi connectivity index (χ4v) is 2.42. The fourth-order valence-electron chi connectivity index (χ4n) is 2.42. The van der Waals surface area contributed by atoms with Crippen LogP contribution >= 0.6 is 12.4 Å². The van der Waals surface area contributed by atoms with Gasteiger partial charge >= 0.3 is 0 Å². The number of carbonyl (C=O) groups is 1. The van der Waals surface area contributed by atoms with Crippen LogP contribution in [-0.2, 0) is 11.2 Å². The maximum atomic E-state index is 12.1. The second-order valence-corrected chi connectivity index (χ2v) is 5.94. The number of nitrogens with two attached hydrogens (primary N) is 1. The van der Waals surface area contributed by atoms with Crippen LogP contribution in [0.4, 0.5) is 0 Å². The van der Waals surface area contributed by atoms with Gasteiger partial charge in [0.25, 0.3) is 0 Å². The number of carbonyl (C=O) groups excluding carboxylic acids is 1. The summed E-state index contributed by atoms with van der Waals surface area (Å²) in [5, 5.41) is 7.29. The third-order valence-corrected chi connectivity index (χ3v) is 3.43. The minimum Gasteiger partial charge on any atom is -0.352 e. The maximum Gasteiger partial charge on any atom is 0.224 e. The summed E-state index contributed by atoms with van der Waals surface area (Å²) in [7, 11) is 0. The van der Waals surface area contributed by atoms with Gasteiger partial charge in [0.15, 0.2) is 0 Å². The van der Waals surface area contributed by atoms with E-state index in [1.165, 1.54) is 0 Å². The average molecular weight is 337 g/mol. The smallest absolute Gasteiger partial charge is 0.224 e. The van der Waals surface area contributed by atoms with E-state index in [9.17, 15) is 4.79 Å². The lowest BCUT2D eigenvalue weighted by molar-refractivity contribution is -0.121. The van der Waals surface area contributed by atoms with Crippen molar-refractivity contribution in [3.8, 4) is 5.69 Å². The summed E-state index contributed by atoms with van der Waals surface area (Å²) in [6, 6.07) is 9.87. The number of benzene rings is 1. The second kappa shape index (κ2) is 9.33. The molecule has 5 nitrogen and oxygen atoms in total. The van der Waals surface area contributed by atoms with E-state index >= 15 is 0 Å². The van der Waals surface area contributed by atoms with Gasteiger partial charge in [-0.3, -0.25) is 4.79 Å². The van der Waals surface area contributed by atoms with Crippen LogP contribution in [0.2, 0.25) is 0 Å². The maximum absolute atomic E-state index is 12.1. The molecule has 6 heteroatoms. The quantitative estimate of drug-likeness (QED) is 0.815. The molecule has 2 rings (SSSR count). The van der Waals surface area contributed by atoms with Gasteiger partial charge in [0.1, 0.15) is 0 Å².